The molecule has 2 aromatic rings. The summed E-state index contributed by atoms with van der Waals surface area (Å²) in [5.74, 6) is 0.901. The average molecular weight is 491 g/mol. The fourth-order valence-corrected chi connectivity index (χ4v) is 6.21. The standard InChI is InChI=1S/C30H38N2O4/c1-20-19-32(30(35)31-26-5-3-2-4-6-26)27-16-15-25(18-28(27)36-20)24-13-11-23(12-14-24)22-9-7-21(8-10-22)17-29(33)34/h11-16,18,20-22,26H,2-10,17,19H2,1H3,(H,31,35)(H,33,34)/t20?,21-,22-. The Labute approximate surface area is 214 Å². The van der Waals surface area contributed by atoms with E-state index in [2.05, 4.69) is 41.7 Å². The third-order valence-corrected chi connectivity index (χ3v) is 8.22. The molecule has 1 atom stereocenters. The minimum absolute atomic E-state index is 0.0199. The van der Waals surface area contributed by atoms with E-state index in [-0.39, 0.29) is 18.2 Å². The van der Waals surface area contributed by atoms with Crippen molar-refractivity contribution in [2.75, 3.05) is 11.4 Å². The molecular formula is C30H38N2O4. The van der Waals surface area contributed by atoms with Gasteiger partial charge in [0.1, 0.15) is 11.9 Å². The number of urea groups is 1. The smallest absolute Gasteiger partial charge is 0.322 e. The van der Waals surface area contributed by atoms with Gasteiger partial charge in [-0.15, -0.1) is 0 Å². The molecule has 192 valence electrons. The molecule has 0 aromatic heterocycles. The molecule has 2 N–H and O–H groups in total. The summed E-state index contributed by atoms with van der Waals surface area (Å²) in [6.07, 6.45) is 10.1. The molecule has 3 aliphatic rings. The summed E-state index contributed by atoms with van der Waals surface area (Å²) in [4.78, 5) is 26.0. The summed E-state index contributed by atoms with van der Waals surface area (Å²) >= 11 is 0. The number of amides is 2. The van der Waals surface area contributed by atoms with E-state index in [1.54, 1.807) is 0 Å². The SMILES string of the molecule is CC1CN(C(=O)NC2CCCCC2)c2ccc(-c3ccc([C@H]4CC[C@H](CC(=O)O)CC4)cc3)cc2O1. The highest BCUT2D eigenvalue weighted by molar-refractivity contribution is 5.95. The molecule has 36 heavy (non-hydrogen) atoms. The Kier molecular flexibility index (Phi) is 7.49. The number of fused-ring (bicyclic) bond motifs is 1. The first-order chi connectivity index (χ1) is 17.5. The van der Waals surface area contributed by atoms with Crippen LogP contribution < -0.4 is 15.0 Å². The highest BCUT2D eigenvalue weighted by atomic mass is 16.5. The minimum Gasteiger partial charge on any atom is -0.487 e. The number of benzene rings is 2. The number of carboxylic acids is 1. The zero-order valence-electron chi connectivity index (χ0n) is 21.2. The van der Waals surface area contributed by atoms with Crippen molar-refractivity contribution in [1.82, 2.24) is 5.32 Å². The first kappa shape index (κ1) is 24.7. The van der Waals surface area contributed by atoms with Gasteiger partial charge in [0.05, 0.1) is 12.2 Å². The van der Waals surface area contributed by atoms with Gasteiger partial charge in [-0.1, -0.05) is 49.6 Å². The van der Waals surface area contributed by atoms with Crippen molar-refractivity contribution < 1.29 is 19.4 Å². The quantitative estimate of drug-likeness (QED) is 0.487. The van der Waals surface area contributed by atoms with Crippen molar-refractivity contribution in [3.8, 4) is 16.9 Å². The highest BCUT2D eigenvalue weighted by Crippen LogP contribution is 2.40. The van der Waals surface area contributed by atoms with Crippen molar-refractivity contribution in [3.05, 3.63) is 48.0 Å². The van der Waals surface area contributed by atoms with E-state index in [1.807, 2.05) is 17.9 Å². The molecule has 6 heteroatoms. The number of carbonyl (C=O) groups excluding carboxylic acids is 1. The first-order valence-electron chi connectivity index (χ1n) is 13.7. The molecule has 2 amide bonds. The summed E-state index contributed by atoms with van der Waals surface area (Å²) in [6, 6.07) is 15.2. The maximum absolute atomic E-state index is 13.1. The van der Waals surface area contributed by atoms with Gasteiger partial charge in [-0.25, -0.2) is 4.79 Å². The largest absolute Gasteiger partial charge is 0.487 e. The van der Waals surface area contributed by atoms with Gasteiger partial charge < -0.3 is 15.2 Å². The summed E-state index contributed by atoms with van der Waals surface area (Å²) in [6.45, 7) is 2.56. The lowest BCUT2D eigenvalue weighted by Crippen LogP contribution is -2.50. The van der Waals surface area contributed by atoms with Crippen molar-refractivity contribution in [2.45, 2.75) is 89.2 Å². The number of hydrogen-bond acceptors (Lipinski definition) is 3. The van der Waals surface area contributed by atoms with Gasteiger partial charge in [-0.3, -0.25) is 9.69 Å². The summed E-state index contributed by atoms with van der Waals surface area (Å²) < 4.78 is 6.16. The topological polar surface area (TPSA) is 78.9 Å². The average Bonchev–Trinajstić information content (AvgIpc) is 2.88. The molecule has 2 aliphatic carbocycles. The summed E-state index contributed by atoms with van der Waals surface area (Å²) in [7, 11) is 0. The van der Waals surface area contributed by atoms with Crippen LogP contribution in [0.1, 0.15) is 82.6 Å². The number of hydrogen-bond donors (Lipinski definition) is 2. The number of carboxylic acid groups (broad SMARTS) is 1. The van der Waals surface area contributed by atoms with E-state index in [9.17, 15) is 9.59 Å². The van der Waals surface area contributed by atoms with Crippen LogP contribution in [0.5, 0.6) is 5.75 Å². The molecule has 1 aliphatic heterocycles. The van der Waals surface area contributed by atoms with Crippen molar-refractivity contribution in [1.29, 1.82) is 0 Å². The Balaban J connectivity index is 1.27. The van der Waals surface area contributed by atoms with Gasteiger partial charge in [0.25, 0.3) is 0 Å². The highest BCUT2D eigenvalue weighted by Gasteiger charge is 2.30. The minimum atomic E-state index is -0.681. The summed E-state index contributed by atoms with van der Waals surface area (Å²) in [5.41, 5.74) is 4.37. The molecule has 5 rings (SSSR count). The van der Waals surface area contributed by atoms with E-state index >= 15 is 0 Å². The Morgan fingerprint density at radius 3 is 2.33 bits per heavy atom. The van der Waals surface area contributed by atoms with Crippen molar-refractivity contribution in [3.63, 3.8) is 0 Å². The van der Waals surface area contributed by atoms with Crippen LogP contribution in [-0.4, -0.2) is 35.8 Å². The van der Waals surface area contributed by atoms with E-state index in [4.69, 9.17) is 9.84 Å². The molecular weight excluding hydrogens is 452 g/mol. The molecule has 1 unspecified atom stereocenters. The second kappa shape index (κ2) is 10.9. The maximum atomic E-state index is 13.1. The molecule has 2 fully saturated rings. The molecule has 1 heterocycles. The molecule has 0 radical (unpaired) electrons. The molecule has 0 spiro atoms. The van der Waals surface area contributed by atoms with Crippen LogP contribution in [0.15, 0.2) is 42.5 Å². The second-order valence-corrected chi connectivity index (χ2v) is 10.9. The molecule has 6 nitrogen and oxygen atoms in total. The fourth-order valence-electron chi connectivity index (χ4n) is 6.21. The molecule has 0 bridgehead atoms. The predicted molar refractivity (Wildman–Crippen MR) is 142 cm³/mol. The van der Waals surface area contributed by atoms with Crippen LogP contribution in [0.25, 0.3) is 11.1 Å². The third kappa shape index (κ3) is 5.69. The van der Waals surface area contributed by atoms with E-state index in [1.165, 1.54) is 24.8 Å². The number of nitrogens with one attached hydrogen (secondary N) is 1. The van der Waals surface area contributed by atoms with Crippen LogP contribution >= 0.6 is 0 Å². The van der Waals surface area contributed by atoms with Crippen LogP contribution in [0.4, 0.5) is 10.5 Å². The number of rotatable bonds is 5. The van der Waals surface area contributed by atoms with Gasteiger partial charge in [0.15, 0.2) is 0 Å². The lowest BCUT2D eigenvalue weighted by molar-refractivity contribution is -0.138. The van der Waals surface area contributed by atoms with Crippen molar-refractivity contribution >= 4 is 17.7 Å². The summed E-state index contributed by atoms with van der Waals surface area (Å²) in [5, 5.41) is 12.3. The zero-order valence-corrected chi connectivity index (χ0v) is 21.2. The monoisotopic (exact) mass is 490 g/mol. The Hall–Kier alpha value is -3.02. The molecule has 2 aromatic carbocycles. The second-order valence-electron chi connectivity index (χ2n) is 10.9. The van der Waals surface area contributed by atoms with Crippen LogP contribution in [0.2, 0.25) is 0 Å². The lowest BCUT2D eigenvalue weighted by Gasteiger charge is -2.35. The number of aliphatic carboxylic acids is 1. The van der Waals surface area contributed by atoms with Crippen LogP contribution in [0, 0.1) is 5.92 Å². The fraction of sp³-hybridized carbons (Fsp3) is 0.533. The van der Waals surface area contributed by atoms with Crippen LogP contribution in [0.3, 0.4) is 0 Å². The first-order valence-corrected chi connectivity index (χ1v) is 13.7. The number of anilines is 1. The Morgan fingerprint density at radius 2 is 1.64 bits per heavy atom. The number of nitrogens with zero attached hydrogens (tertiary/aromatic N) is 1. The third-order valence-electron chi connectivity index (χ3n) is 8.22. The zero-order chi connectivity index (χ0) is 25.1. The van der Waals surface area contributed by atoms with Gasteiger partial charge in [0, 0.05) is 12.5 Å². The Bertz CT molecular complexity index is 1070. The molecule has 0 saturated heterocycles. The Morgan fingerprint density at radius 1 is 0.944 bits per heavy atom. The van der Waals surface area contributed by atoms with E-state index < -0.39 is 5.97 Å². The van der Waals surface area contributed by atoms with Gasteiger partial charge >= 0.3 is 12.0 Å². The predicted octanol–water partition coefficient (Wildman–Crippen LogP) is 6.73. The van der Waals surface area contributed by atoms with Crippen molar-refractivity contribution in [2.24, 2.45) is 5.92 Å². The number of ether oxygens (including phenoxy) is 1. The normalized spacial score (nSPS) is 24.5. The lowest BCUT2D eigenvalue weighted by atomic mass is 9.77. The van der Waals surface area contributed by atoms with Gasteiger partial charge in [-0.05, 0) is 86.1 Å². The maximum Gasteiger partial charge on any atom is 0.322 e. The van der Waals surface area contributed by atoms with Crippen LogP contribution in [-0.2, 0) is 4.79 Å². The van der Waals surface area contributed by atoms with E-state index in [0.29, 0.717) is 24.8 Å². The van der Waals surface area contributed by atoms with Gasteiger partial charge in [0.2, 0.25) is 0 Å². The molecule has 2 saturated carbocycles. The van der Waals surface area contributed by atoms with Gasteiger partial charge in [-0.2, -0.15) is 0 Å². The van der Waals surface area contributed by atoms with E-state index in [0.717, 1.165) is 61.1 Å². The number of carbonyl (C=O) groups is 2.